The highest BCUT2D eigenvalue weighted by atomic mass is 35.5. The quantitative estimate of drug-likeness (QED) is 0.877. The monoisotopic (exact) mass is 326 g/mol. The molecule has 1 aliphatic heterocycles. The first-order valence-corrected chi connectivity index (χ1v) is 6.83. The standard InChI is InChI=1S/C12H13F3N2OS.ClH/c1-7-2-3-8(4-9(7)12(13,14)15)17-11(18)10-5-19-6-16-10;/h2-4,10,16H,5-6H2,1H3,(H,17,18);1H/t10-;/m1./s1. The van der Waals surface area contributed by atoms with E-state index in [4.69, 9.17) is 0 Å². The molecule has 0 bridgehead atoms. The Kier molecular flexibility index (Phi) is 5.73. The molecule has 0 aromatic heterocycles. The van der Waals surface area contributed by atoms with Crippen LogP contribution in [0.5, 0.6) is 0 Å². The Balaban J connectivity index is 0.00000200. The Morgan fingerprint density at radius 2 is 2.15 bits per heavy atom. The second-order valence-corrected chi connectivity index (χ2v) is 5.32. The number of carbonyl (C=O) groups is 1. The van der Waals surface area contributed by atoms with Crippen molar-refractivity contribution in [2.45, 2.75) is 19.1 Å². The molecule has 0 saturated carbocycles. The van der Waals surface area contributed by atoms with E-state index >= 15 is 0 Å². The molecule has 0 aliphatic carbocycles. The van der Waals surface area contributed by atoms with Gasteiger partial charge in [-0.2, -0.15) is 13.2 Å². The van der Waals surface area contributed by atoms with Gasteiger partial charge >= 0.3 is 6.18 Å². The summed E-state index contributed by atoms with van der Waals surface area (Å²) in [6, 6.07) is 3.45. The number of nitrogens with one attached hydrogen (secondary N) is 2. The molecule has 1 amide bonds. The first-order chi connectivity index (χ1) is 8.88. The van der Waals surface area contributed by atoms with Crippen LogP contribution < -0.4 is 10.6 Å². The van der Waals surface area contributed by atoms with Gasteiger partial charge in [0.05, 0.1) is 11.6 Å². The van der Waals surface area contributed by atoms with E-state index in [0.717, 1.165) is 6.07 Å². The zero-order valence-electron chi connectivity index (χ0n) is 10.6. The van der Waals surface area contributed by atoms with Crippen LogP contribution in [0.15, 0.2) is 18.2 Å². The van der Waals surface area contributed by atoms with Crippen LogP contribution in [0, 0.1) is 6.92 Å². The third-order valence-corrected chi connectivity index (χ3v) is 3.78. The van der Waals surface area contributed by atoms with Crippen molar-refractivity contribution in [2.75, 3.05) is 16.9 Å². The Bertz CT molecular complexity index is 490. The van der Waals surface area contributed by atoms with Crippen LogP contribution in [0.2, 0.25) is 0 Å². The van der Waals surface area contributed by atoms with Gasteiger partial charge in [0.15, 0.2) is 0 Å². The van der Waals surface area contributed by atoms with Crippen LogP contribution in [-0.4, -0.2) is 23.6 Å². The summed E-state index contributed by atoms with van der Waals surface area (Å²) < 4.78 is 38.2. The number of rotatable bonds is 2. The lowest BCUT2D eigenvalue weighted by molar-refractivity contribution is -0.138. The Morgan fingerprint density at radius 3 is 2.70 bits per heavy atom. The van der Waals surface area contributed by atoms with Crippen molar-refractivity contribution >= 4 is 35.8 Å². The molecule has 0 unspecified atom stereocenters. The molecule has 20 heavy (non-hydrogen) atoms. The maximum absolute atomic E-state index is 12.7. The molecular formula is C12H14ClF3N2OS. The Morgan fingerprint density at radius 1 is 1.45 bits per heavy atom. The lowest BCUT2D eigenvalue weighted by Gasteiger charge is -2.14. The fourth-order valence-corrected chi connectivity index (χ4v) is 2.74. The molecule has 112 valence electrons. The highest BCUT2D eigenvalue weighted by molar-refractivity contribution is 7.99. The highest BCUT2D eigenvalue weighted by Crippen LogP contribution is 2.33. The zero-order chi connectivity index (χ0) is 14.0. The average Bonchev–Trinajstić information content (AvgIpc) is 2.83. The molecular weight excluding hydrogens is 313 g/mol. The van der Waals surface area contributed by atoms with Gasteiger partial charge in [-0.3, -0.25) is 10.1 Å². The largest absolute Gasteiger partial charge is 0.416 e. The van der Waals surface area contributed by atoms with E-state index in [2.05, 4.69) is 10.6 Å². The fourth-order valence-electron chi connectivity index (χ4n) is 1.80. The number of hydrogen-bond donors (Lipinski definition) is 2. The number of thioether (sulfide) groups is 1. The van der Waals surface area contributed by atoms with Gasteiger partial charge in [0.25, 0.3) is 0 Å². The van der Waals surface area contributed by atoms with E-state index in [1.165, 1.54) is 19.1 Å². The number of hydrogen-bond acceptors (Lipinski definition) is 3. The molecule has 1 heterocycles. The predicted octanol–water partition coefficient (Wildman–Crippen LogP) is 3.04. The minimum absolute atomic E-state index is 0. The first-order valence-electron chi connectivity index (χ1n) is 5.68. The van der Waals surface area contributed by atoms with E-state index in [9.17, 15) is 18.0 Å². The average molecular weight is 327 g/mol. The number of aryl methyl sites for hydroxylation is 1. The molecule has 2 rings (SSSR count). The summed E-state index contributed by atoms with van der Waals surface area (Å²) in [5, 5.41) is 5.47. The van der Waals surface area contributed by atoms with E-state index in [0.29, 0.717) is 11.6 Å². The summed E-state index contributed by atoms with van der Waals surface area (Å²) in [6.45, 7) is 1.39. The highest BCUT2D eigenvalue weighted by Gasteiger charge is 2.32. The molecule has 0 radical (unpaired) electrons. The minimum atomic E-state index is -4.41. The number of anilines is 1. The normalized spacial score (nSPS) is 18.5. The molecule has 1 aromatic rings. The summed E-state index contributed by atoms with van der Waals surface area (Å²) in [5.41, 5.74) is -0.416. The maximum atomic E-state index is 12.7. The van der Waals surface area contributed by atoms with Crippen molar-refractivity contribution in [3.8, 4) is 0 Å². The third kappa shape index (κ3) is 4.04. The minimum Gasteiger partial charge on any atom is -0.325 e. The van der Waals surface area contributed by atoms with Crippen molar-refractivity contribution in [1.29, 1.82) is 0 Å². The summed E-state index contributed by atoms with van der Waals surface area (Å²) in [6.07, 6.45) is -4.41. The van der Waals surface area contributed by atoms with Crippen molar-refractivity contribution in [2.24, 2.45) is 0 Å². The maximum Gasteiger partial charge on any atom is 0.416 e. The summed E-state index contributed by atoms with van der Waals surface area (Å²) >= 11 is 1.58. The van der Waals surface area contributed by atoms with E-state index in [1.54, 1.807) is 11.8 Å². The number of halogens is 4. The smallest absolute Gasteiger partial charge is 0.325 e. The molecule has 3 nitrogen and oxygen atoms in total. The summed E-state index contributed by atoms with van der Waals surface area (Å²) in [7, 11) is 0. The van der Waals surface area contributed by atoms with E-state index < -0.39 is 11.7 Å². The van der Waals surface area contributed by atoms with Crippen molar-refractivity contribution in [3.63, 3.8) is 0 Å². The molecule has 8 heteroatoms. The van der Waals surface area contributed by atoms with E-state index in [1.807, 2.05) is 0 Å². The Hall–Kier alpha value is -0.920. The molecule has 1 aliphatic rings. The third-order valence-electron chi connectivity index (χ3n) is 2.84. The lowest BCUT2D eigenvalue weighted by Crippen LogP contribution is -2.37. The van der Waals surface area contributed by atoms with Crippen LogP contribution in [0.1, 0.15) is 11.1 Å². The topological polar surface area (TPSA) is 41.1 Å². The number of benzene rings is 1. The second-order valence-electron chi connectivity index (χ2n) is 4.29. The molecule has 1 saturated heterocycles. The van der Waals surface area contributed by atoms with Gasteiger partial charge in [-0.1, -0.05) is 6.07 Å². The molecule has 2 N–H and O–H groups in total. The van der Waals surface area contributed by atoms with Crippen LogP contribution in [0.4, 0.5) is 18.9 Å². The first kappa shape index (κ1) is 17.1. The van der Waals surface area contributed by atoms with Crippen LogP contribution in [-0.2, 0) is 11.0 Å². The zero-order valence-corrected chi connectivity index (χ0v) is 12.2. The molecule has 1 aromatic carbocycles. The lowest BCUT2D eigenvalue weighted by atomic mass is 10.1. The van der Waals surface area contributed by atoms with Gasteiger partial charge in [-0.25, -0.2) is 0 Å². The van der Waals surface area contributed by atoms with Gasteiger partial charge in [0.2, 0.25) is 5.91 Å². The predicted molar refractivity (Wildman–Crippen MR) is 76.3 cm³/mol. The Labute approximate surface area is 125 Å². The SMILES string of the molecule is Cc1ccc(NC(=O)[C@H]2CSCN2)cc1C(F)(F)F.Cl. The molecule has 1 atom stereocenters. The van der Waals surface area contributed by atoms with Gasteiger partial charge in [0, 0.05) is 17.3 Å². The summed E-state index contributed by atoms with van der Waals surface area (Å²) in [4.78, 5) is 11.8. The molecule has 1 fully saturated rings. The van der Waals surface area contributed by atoms with Gasteiger partial charge in [-0.05, 0) is 24.6 Å². The van der Waals surface area contributed by atoms with Gasteiger partial charge < -0.3 is 5.32 Å². The van der Waals surface area contributed by atoms with E-state index in [-0.39, 0.29) is 35.6 Å². The molecule has 0 spiro atoms. The van der Waals surface area contributed by atoms with Crippen molar-refractivity contribution in [1.82, 2.24) is 5.32 Å². The van der Waals surface area contributed by atoms with Crippen LogP contribution in [0.25, 0.3) is 0 Å². The second kappa shape index (κ2) is 6.69. The summed E-state index contributed by atoms with van der Waals surface area (Å²) in [5.74, 6) is 1.01. The van der Waals surface area contributed by atoms with Crippen LogP contribution in [0.3, 0.4) is 0 Å². The van der Waals surface area contributed by atoms with Crippen molar-refractivity contribution < 1.29 is 18.0 Å². The van der Waals surface area contributed by atoms with Gasteiger partial charge in [-0.15, -0.1) is 24.2 Å². The van der Waals surface area contributed by atoms with Crippen LogP contribution >= 0.6 is 24.2 Å². The number of carbonyl (C=O) groups excluding carboxylic acids is 1. The number of amides is 1. The fraction of sp³-hybridized carbons (Fsp3) is 0.417. The van der Waals surface area contributed by atoms with Crippen molar-refractivity contribution in [3.05, 3.63) is 29.3 Å². The number of alkyl halides is 3. The van der Waals surface area contributed by atoms with Gasteiger partial charge in [0.1, 0.15) is 0 Å².